The van der Waals surface area contributed by atoms with E-state index < -0.39 is 0 Å². The van der Waals surface area contributed by atoms with Crippen LogP contribution in [0.15, 0.2) is 0 Å². The van der Waals surface area contributed by atoms with Crippen molar-refractivity contribution in [2.45, 2.75) is 0 Å². The van der Waals surface area contributed by atoms with Crippen molar-refractivity contribution in [3.63, 3.8) is 0 Å². The molecule has 0 aromatic carbocycles. The van der Waals surface area contributed by atoms with E-state index in [1.807, 2.05) is 0 Å². The summed E-state index contributed by atoms with van der Waals surface area (Å²) in [6.45, 7) is 1.06. The largest absolute Gasteiger partial charge is 0.370 e. The van der Waals surface area contributed by atoms with Crippen LogP contribution in [0, 0.1) is 0 Å². The van der Waals surface area contributed by atoms with Gasteiger partial charge in [-0.1, -0.05) is 24.0 Å². The fourth-order valence-corrected chi connectivity index (χ4v) is 1.29. The van der Waals surface area contributed by atoms with E-state index in [0.29, 0.717) is 0 Å². The molecule has 43 valence electrons. The van der Waals surface area contributed by atoms with E-state index in [-0.39, 0.29) is 16.8 Å². The molecule has 1 aliphatic heterocycles. The Morgan fingerprint density at radius 1 is 1.71 bits per heavy atom. The Morgan fingerprint density at radius 3 is 2.57 bits per heavy atom. The number of thiocarbonyl (C=S) groups is 1. The quantitative estimate of drug-likeness (QED) is 0.546. The zero-order chi connectivity index (χ0) is 4.41. The SMILES string of the molecule is S=C1NCCS1.[Co]. The third-order valence-corrected chi connectivity index (χ3v) is 1.92. The molecule has 0 amide bonds. The van der Waals surface area contributed by atoms with Crippen LogP contribution in [0.25, 0.3) is 0 Å². The Morgan fingerprint density at radius 2 is 2.43 bits per heavy atom. The molecule has 1 rings (SSSR count). The molecule has 1 heterocycles. The van der Waals surface area contributed by atoms with Gasteiger partial charge in [0.1, 0.15) is 4.32 Å². The number of nitrogens with one attached hydrogen (secondary N) is 1. The maximum atomic E-state index is 4.77. The molecule has 0 unspecified atom stereocenters. The molecule has 0 aliphatic carbocycles. The van der Waals surface area contributed by atoms with Crippen molar-refractivity contribution in [3.8, 4) is 0 Å². The van der Waals surface area contributed by atoms with E-state index in [9.17, 15) is 0 Å². The molecular weight excluding hydrogens is 173 g/mol. The van der Waals surface area contributed by atoms with Crippen LogP contribution in [0.2, 0.25) is 0 Å². The Bertz CT molecular complexity index is 67.3. The number of hydrogen-bond donors (Lipinski definition) is 1. The topological polar surface area (TPSA) is 12.0 Å². The predicted molar refractivity (Wildman–Crippen MR) is 33.1 cm³/mol. The summed E-state index contributed by atoms with van der Waals surface area (Å²) >= 11 is 6.49. The van der Waals surface area contributed by atoms with E-state index in [4.69, 9.17) is 12.2 Å². The zero-order valence-corrected chi connectivity index (χ0v) is 6.24. The van der Waals surface area contributed by atoms with Gasteiger partial charge in [-0.2, -0.15) is 0 Å². The van der Waals surface area contributed by atoms with E-state index in [2.05, 4.69) is 5.32 Å². The molecule has 1 N–H and O–H groups in total. The van der Waals surface area contributed by atoms with Crippen LogP contribution in [-0.4, -0.2) is 16.6 Å². The fourth-order valence-electron chi connectivity index (χ4n) is 0.348. The zero-order valence-electron chi connectivity index (χ0n) is 3.56. The van der Waals surface area contributed by atoms with Crippen LogP contribution in [0.5, 0.6) is 0 Å². The minimum absolute atomic E-state index is 0. The average molecular weight is 178 g/mol. The molecular formula is C3H5CoNS2. The van der Waals surface area contributed by atoms with Crippen molar-refractivity contribution in [1.82, 2.24) is 5.32 Å². The van der Waals surface area contributed by atoms with E-state index in [1.54, 1.807) is 11.8 Å². The van der Waals surface area contributed by atoms with Gasteiger partial charge in [0.2, 0.25) is 0 Å². The summed E-state index contributed by atoms with van der Waals surface area (Å²) in [6.07, 6.45) is 0. The van der Waals surface area contributed by atoms with Gasteiger partial charge in [-0.05, 0) is 0 Å². The van der Waals surface area contributed by atoms with Crippen LogP contribution in [-0.2, 0) is 16.8 Å². The number of thioether (sulfide) groups is 1. The van der Waals surface area contributed by atoms with Crippen molar-refractivity contribution in [1.29, 1.82) is 0 Å². The molecule has 0 bridgehead atoms. The first kappa shape index (κ1) is 7.75. The van der Waals surface area contributed by atoms with Crippen molar-refractivity contribution in [2.75, 3.05) is 12.3 Å². The normalized spacial score (nSPS) is 18.0. The molecule has 1 nitrogen and oxygen atoms in total. The monoisotopic (exact) mass is 178 g/mol. The smallest absolute Gasteiger partial charge is 0.133 e. The second kappa shape index (κ2) is 3.71. The second-order valence-electron chi connectivity index (χ2n) is 1.06. The Hall–Kier alpha value is 0.746. The minimum atomic E-state index is 0. The third-order valence-electron chi connectivity index (χ3n) is 0.605. The van der Waals surface area contributed by atoms with Gasteiger partial charge in [-0.3, -0.25) is 0 Å². The van der Waals surface area contributed by atoms with Gasteiger partial charge >= 0.3 is 0 Å². The summed E-state index contributed by atoms with van der Waals surface area (Å²) in [5.41, 5.74) is 0. The molecule has 0 saturated carbocycles. The summed E-state index contributed by atoms with van der Waals surface area (Å²) in [6, 6.07) is 0. The molecule has 4 heteroatoms. The first-order valence-corrected chi connectivity index (χ1v) is 3.19. The van der Waals surface area contributed by atoms with Gasteiger partial charge in [0.25, 0.3) is 0 Å². The molecule has 1 radical (unpaired) electrons. The Kier molecular flexibility index (Phi) is 4.11. The second-order valence-corrected chi connectivity index (χ2v) is 2.83. The maximum Gasteiger partial charge on any atom is 0.133 e. The summed E-state index contributed by atoms with van der Waals surface area (Å²) < 4.78 is 0.954. The molecule has 7 heavy (non-hydrogen) atoms. The Labute approximate surface area is 62.8 Å². The van der Waals surface area contributed by atoms with E-state index >= 15 is 0 Å². The van der Waals surface area contributed by atoms with E-state index in [0.717, 1.165) is 16.6 Å². The number of hydrogen-bond acceptors (Lipinski definition) is 2. The maximum absolute atomic E-state index is 4.77. The Balaban J connectivity index is 0.000000360. The standard InChI is InChI=1S/C3H5NS2.Co/c5-3-4-1-2-6-3;/h1-2H2,(H,4,5);. The summed E-state index contributed by atoms with van der Waals surface area (Å²) in [7, 11) is 0. The van der Waals surface area contributed by atoms with Crippen molar-refractivity contribution in [3.05, 3.63) is 0 Å². The van der Waals surface area contributed by atoms with Crippen LogP contribution in [0.1, 0.15) is 0 Å². The fraction of sp³-hybridized carbons (Fsp3) is 0.667. The van der Waals surface area contributed by atoms with Crippen LogP contribution in [0.3, 0.4) is 0 Å². The van der Waals surface area contributed by atoms with Crippen LogP contribution < -0.4 is 5.32 Å². The van der Waals surface area contributed by atoms with Crippen LogP contribution >= 0.6 is 24.0 Å². The predicted octanol–water partition coefficient (Wildman–Crippen LogP) is 0.605. The van der Waals surface area contributed by atoms with Gasteiger partial charge in [0.15, 0.2) is 0 Å². The molecule has 0 atom stereocenters. The molecule has 0 spiro atoms. The summed E-state index contributed by atoms with van der Waals surface area (Å²) in [5.74, 6) is 1.15. The average Bonchev–Trinajstić information content (AvgIpc) is 1.86. The molecule has 1 aliphatic rings. The van der Waals surface area contributed by atoms with Crippen molar-refractivity contribution < 1.29 is 16.8 Å². The van der Waals surface area contributed by atoms with Gasteiger partial charge in [0.05, 0.1) is 0 Å². The summed E-state index contributed by atoms with van der Waals surface area (Å²) in [4.78, 5) is 0. The van der Waals surface area contributed by atoms with Crippen LogP contribution in [0.4, 0.5) is 0 Å². The van der Waals surface area contributed by atoms with E-state index in [1.165, 1.54) is 0 Å². The minimum Gasteiger partial charge on any atom is -0.370 e. The van der Waals surface area contributed by atoms with Crippen molar-refractivity contribution >= 4 is 28.3 Å². The van der Waals surface area contributed by atoms with Crippen molar-refractivity contribution in [2.24, 2.45) is 0 Å². The molecule has 1 fully saturated rings. The molecule has 1 saturated heterocycles. The first-order valence-electron chi connectivity index (χ1n) is 1.80. The van der Waals surface area contributed by atoms with Gasteiger partial charge in [0, 0.05) is 29.1 Å². The summed E-state index contributed by atoms with van der Waals surface area (Å²) in [5, 5.41) is 3.01. The third kappa shape index (κ3) is 2.53. The molecule has 0 aromatic heterocycles. The number of rotatable bonds is 0. The van der Waals surface area contributed by atoms with Gasteiger partial charge in [-0.15, -0.1) is 0 Å². The van der Waals surface area contributed by atoms with Gasteiger partial charge < -0.3 is 5.32 Å². The molecule has 0 aromatic rings. The first-order chi connectivity index (χ1) is 2.89. The van der Waals surface area contributed by atoms with Gasteiger partial charge in [-0.25, -0.2) is 0 Å².